The van der Waals surface area contributed by atoms with Crippen molar-refractivity contribution >= 4 is 0 Å². The number of hydrogen-bond donors (Lipinski definition) is 1. The SMILES string of the molecule is CCN(CC)Cc1ccccc1C1(CN)CCCCC1. The van der Waals surface area contributed by atoms with Gasteiger partial charge < -0.3 is 5.73 Å². The van der Waals surface area contributed by atoms with Crippen LogP contribution in [0.5, 0.6) is 0 Å². The van der Waals surface area contributed by atoms with Crippen molar-refractivity contribution in [1.82, 2.24) is 4.90 Å². The molecule has 0 saturated heterocycles. The zero-order valence-electron chi connectivity index (χ0n) is 13.2. The fraction of sp³-hybridized carbons (Fsp3) is 0.667. The molecule has 0 aromatic heterocycles. The second-order valence-electron chi connectivity index (χ2n) is 6.16. The van der Waals surface area contributed by atoms with Gasteiger partial charge in [0.25, 0.3) is 0 Å². The summed E-state index contributed by atoms with van der Waals surface area (Å²) in [6, 6.07) is 9.00. The van der Waals surface area contributed by atoms with E-state index in [-0.39, 0.29) is 5.41 Å². The van der Waals surface area contributed by atoms with Crippen molar-refractivity contribution in [2.75, 3.05) is 19.6 Å². The number of hydrogen-bond acceptors (Lipinski definition) is 2. The fourth-order valence-corrected chi connectivity index (χ4v) is 3.68. The minimum absolute atomic E-state index is 0.238. The highest BCUT2D eigenvalue weighted by Gasteiger charge is 2.34. The van der Waals surface area contributed by atoms with Crippen molar-refractivity contribution in [2.24, 2.45) is 5.73 Å². The van der Waals surface area contributed by atoms with Crippen LogP contribution in [-0.4, -0.2) is 24.5 Å². The Bertz CT molecular complexity index is 404. The summed E-state index contributed by atoms with van der Waals surface area (Å²) in [6.07, 6.45) is 6.56. The van der Waals surface area contributed by atoms with Crippen LogP contribution in [0.3, 0.4) is 0 Å². The largest absolute Gasteiger partial charge is 0.330 e. The molecule has 0 atom stereocenters. The lowest BCUT2D eigenvalue weighted by molar-refractivity contribution is 0.276. The molecular weight excluding hydrogens is 244 g/mol. The Morgan fingerprint density at radius 1 is 1.05 bits per heavy atom. The van der Waals surface area contributed by atoms with Crippen LogP contribution < -0.4 is 5.73 Å². The molecule has 0 amide bonds. The molecule has 1 aromatic carbocycles. The number of rotatable bonds is 6. The average molecular weight is 274 g/mol. The Labute approximate surface area is 124 Å². The minimum Gasteiger partial charge on any atom is -0.330 e. The molecule has 1 aromatic rings. The van der Waals surface area contributed by atoms with Crippen LogP contribution in [0, 0.1) is 0 Å². The van der Waals surface area contributed by atoms with E-state index in [0.717, 1.165) is 26.2 Å². The van der Waals surface area contributed by atoms with E-state index in [9.17, 15) is 0 Å². The van der Waals surface area contributed by atoms with E-state index in [4.69, 9.17) is 5.73 Å². The van der Waals surface area contributed by atoms with Gasteiger partial charge in [-0.1, -0.05) is 57.4 Å². The maximum atomic E-state index is 6.22. The Morgan fingerprint density at radius 3 is 2.30 bits per heavy atom. The Kier molecular flexibility index (Phi) is 5.62. The van der Waals surface area contributed by atoms with Crippen LogP contribution in [0.2, 0.25) is 0 Å². The third-order valence-electron chi connectivity index (χ3n) is 5.08. The van der Waals surface area contributed by atoms with E-state index >= 15 is 0 Å². The molecule has 2 nitrogen and oxygen atoms in total. The first-order valence-corrected chi connectivity index (χ1v) is 8.26. The summed E-state index contributed by atoms with van der Waals surface area (Å²) in [5.41, 5.74) is 9.47. The molecule has 0 bridgehead atoms. The molecule has 0 unspecified atom stereocenters. The van der Waals surface area contributed by atoms with E-state index in [2.05, 4.69) is 43.0 Å². The summed E-state index contributed by atoms with van der Waals surface area (Å²) in [7, 11) is 0. The van der Waals surface area contributed by atoms with Gasteiger partial charge in [0.05, 0.1) is 0 Å². The molecule has 2 heteroatoms. The van der Waals surface area contributed by atoms with Crippen molar-refractivity contribution in [1.29, 1.82) is 0 Å². The topological polar surface area (TPSA) is 29.3 Å². The van der Waals surface area contributed by atoms with Crippen LogP contribution in [-0.2, 0) is 12.0 Å². The lowest BCUT2D eigenvalue weighted by Crippen LogP contribution is -2.38. The van der Waals surface area contributed by atoms with Gasteiger partial charge in [0, 0.05) is 18.5 Å². The van der Waals surface area contributed by atoms with E-state index < -0.39 is 0 Å². The normalized spacial score (nSPS) is 18.4. The van der Waals surface area contributed by atoms with Gasteiger partial charge in [-0.05, 0) is 37.1 Å². The predicted octanol–water partition coefficient (Wildman–Crippen LogP) is 3.69. The minimum atomic E-state index is 0.238. The Balaban J connectivity index is 2.30. The summed E-state index contributed by atoms with van der Waals surface area (Å²) in [6.45, 7) is 8.56. The number of nitrogens with zero attached hydrogens (tertiary/aromatic N) is 1. The van der Waals surface area contributed by atoms with Crippen LogP contribution in [0.25, 0.3) is 0 Å². The van der Waals surface area contributed by atoms with Gasteiger partial charge in [0.15, 0.2) is 0 Å². The molecule has 20 heavy (non-hydrogen) atoms. The first-order valence-electron chi connectivity index (χ1n) is 8.26. The third kappa shape index (κ3) is 3.24. The van der Waals surface area contributed by atoms with Crippen molar-refractivity contribution in [3.8, 4) is 0 Å². The van der Waals surface area contributed by atoms with Gasteiger partial charge in [-0.2, -0.15) is 0 Å². The maximum absolute atomic E-state index is 6.22. The van der Waals surface area contributed by atoms with Crippen LogP contribution in [0.1, 0.15) is 57.1 Å². The van der Waals surface area contributed by atoms with E-state index in [1.54, 1.807) is 0 Å². The zero-order valence-corrected chi connectivity index (χ0v) is 13.2. The van der Waals surface area contributed by atoms with Gasteiger partial charge >= 0.3 is 0 Å². The Hall–Kier alpha value is -0.860. The third-order valence-corrected chi connectivity index (χ3v) is 5.08. The molecule has 0 radical (unpaired) electrons. The number of nitrogens with two attached hydrogens (primary N) is 1. The standard InChI is InChI=1S/C18H30N2/c1-3-20(4-2)14-16-10-6-7-11-17(16)18(15-19)12-8-5-9-13-18/h6-7,10-11H,3-5,8-9,12-15,19H2,1-2H3. The monoisotopic (exact) mass is 274 g/mol. The summed E-state index contributed by atoms with van der Waals surface area (Å²) < 4.78 is 0. The van der Waals surface area contributed by atoms with Gasteiger partial charge in [-0.15, -0.1) is 0 Å². The molecule has 112 valence electrons. The van der Waals surface area contributed by atoms with Crippen molar-refractivity contribution < 1.29 is 0 Å². The second kappa shape index (κ2) is 7.24. The zero-order chi connectivity index (χ0) is 14.4. The summed E-state index contributed by atoms with van der Waals surface area (Å²) in [5.74, 6) is 0. The summed E-state index contributed by atoms with van der Waals surface area (Å²) in [4.78, 5) is 2.49. The molecule has 2 N–H and O–H groups in total. The van der Waals surface area contributed by atoms with Crippen LogP contribution >= 0.6 is 0 Å². The molecule has 0 heterocycles. The van der Waals surface area contributed by atoms with Crippen molar-refractivity contribution in [3.63, 3.8) is 0 Å². The van der Waals surface area contributed by atoms with Gasteiger partial charge in [-0.3, -0.25) is 4.90 Å². The Morgan fingerprint density at radius 2 is 1.70 bits per heavy atom. The van der Waals surface area contributed by atoms with E-state index in [1.165, 1.54) is 43.2 Å². The van der Waals surface area contributed by atoms with E-state index in [0.29, 0.717) is 0 Å². The molecule has 0 spiro atoms. The molecule has 1 fully saturated rings. The molecule has 1 saturated carbocycles. The lowest BCUT2D eigenvalue weighted by Gasteiger charge is -2.38. The first-order chi connectivity index (χ1) is 9.75. The van der Waals surface area contributed by atoms with Crippen molar-refractivity contribution in [2.45, 2.75) is 57.9 Å². The molecule has 2 rings (SSSR count). The molecule has 1 aliphatic rings. The first kappa shape index (κ1) is 15.5. The lowest BCUT2D eigenvalue weighted by atomic mass is 9.68. The maximum Gasteiger partial charge on any atom is 0.0236 e. The van der Waals surface area contributed by atoms with Crippen molar-refractivity contribution in [3.05, 3.63) is 35.4 Å². The van der Waals surface area contributed by atoms with Gasteiger partial charge in [-0.25, -0.2) is 0 Å². The molecular formula is C18H30N2. The van der Waals surface area contributed by atoms with Crippen LogP contribution in [0.15, 0.2) is 24.3 Å². The highest BCUT2D eigenvalue weighted by atomic mass is 15.1. The highest BCUT2D eigenvalue weighted by Crippen LogP contribution is 2.40. The number of benzene rings is 1. The summed E-state index contributed by atoms with van der Waals surface area (Å²) >= 11 is 0. The van der Waals surface area contributed by atoms with Crippen LogP contribution in [0.4, 0.5) is 0 Å². The summed E-state index contributed by atoms with van der Waals surface area (Å²) in [5, 5.41) is 0. The fourth-order valence-electron chi connectivity index (χ4n) is 3.68. The van der Waals surface area contributed by atoms with Gasteiger partial charge in [0.1, 0.15) is 0 Å². The second-order valence-corrected chi connectivity index (χ2v) is 6.16. The van der Waals surface area contributed by atoms with E-state index in [1.807, 2.05) is 0 Å². The quantitative estimate of drug-likeness (QED) is 0.857. The average Bonchev–Trinajstić information content (AvgIpc) is 2.53. The predicted molar refractivity (Wildman–Crippen MR) is 86.9 cm³/mol. The highest BCUT2D eigenvalue weighted by molar-refractivity contribution is 5.35. The van der Waals surface area contributed by atoms with Gasteiger partial charge in [0.2, 0.25) is 0 Å². The molecule has 1 aliphatic carbocycles. The molecule has 0 aliphatic heterocycles. The smallest absolute Gasteiger partial charge is 0.0236 e.